The van der Waals surface area contributed by atoms with Gasteiger partial charge in [0.15, 0.2) is 0 Å². The Labute approximate surface area is 163 Å². The highest BCUT2D eigenvalue weighted by Gasteiger charge is 2.48. The van der Waals surface area contributed by atoms with Crippen molar-refractivity contribution in [1.29, 1.82) is 0 Å². The predicted octanol–water partition coefficient (Wildman–Crippen LogP) is 2.34. The molecular weight excluding hydrogens is 340 g/mol. The van der Waals surface area contributed by atoms with Crippen molar-refractivity contribution in [2.24, 2.45) is 0 Å². The minimum Gasteiger partial charge on any atom is -0.337 e. The Balaban J connectivity index is 1.75. The summed E-state index contributed by atoms with van der Waals surface area (Å²) in [6, 6.07) is 0.449. The molecule has 0 spiro atoms. The molecule has 150 valence electrons. The van der Waals surface area contributed by atoms with Crippen LogP contribution >= 0.6 is 0 Å². The van der Waals surface area contributed by atoms with E-state index in [9.17, 15) is 4.79 Å². The van der Waals surface area contributed by atoms with E-state index in [2.05, 4.69) is 38.6 Å². The molecule has 0 N–H and O–H groups in total. The third-order valence-corrected chi connectivity index (χ3v) is 6.50. The van der Waals surface area contributed by atoms with E-state index in [-0.39, 0.29) is 11.4 Å². The van der Waals surface area contributed by atoms with Crippen LogP contribution in [0.3, 0.4) is 0 Å². The average Bonchev–Trinajstić information content (AvgIpc) is 2.66. The summed E-state index contributed by atoms with van der Waals surface area (Å²) in [6.45, 7) is 10.7. The normalized spacial score (nSPS) is 23.4. The standard InChI is InChI=1S/C20H34N6O/c1-19(2)13-25(17(27)20(3,4)24(19)5)11-12-26(16-9-7-6-8-10-16)18-22-14-21-15-23-18/h14-16H,6-13H2,1-5H3. The van der Waals surface area contributed by atoms with Crippen LogP contribution in [0.15, 0.2) is 12.7 Å². The lowest BCUT2D eigenvalue weighted by Crippen LogP contribution is -2.70. The number of hydrogen-bond donors (Lipinski definition) is 0. The van der Waals surface area contributed by atoms with Crippen LogP contribution in [0.2, 0.25) is 0 Å². The molecule has 27 heavy (non-hydrogen) atoms. The van der Waals surface area contributed by atoms with Crippen molar-refractivity contribution in [3.05, 3.63) is 12.7 Å². The molecule has 1 aromatic heterocycles. The number of hydrogen-bond acceptors (Lipinski definition) is 6. The van der Waals surface area contributed by atoms with E-state index in [4.69, 9.17) is 0 Å². The number of nitrogens with zero attached hydrogens (tertiary/aromatic N) is 6. The SMILES string of the molecule is CN1C(C)(C)CN(CCN(c2ncncn2)C2CCCCC2)C(=O)C1(C)C. The second-order valence-electron chi connectivity index (χ2n) is 9.08. The van der Waals surface area contributed by atoms with Crippen molar-refractivity contribution in [3.8, 4) is 0 Å². The Kier molecular flexibility index (Phi) is 5.70. The fourth-order valence-corrected chi connectivity index (χ4v) is 4.56. The third-order valence-electron chi connectivity index (χ3n) is 6.50. The Morgan fingerprint density at radius 3 is 2.37 bits per heavy atom. The van der Waals surface area contributed by atoms with Gasteiger partial charge in [-0.3, -0.25) is 9.69 Å². The van der Waals surface area contributed by atoms with Crippen molar-refractivity contribution < 1.29 is 4.79 Å². The molecule has 1 saturated heterocycles. The van der Waals surface area contributed by atoms with E-state index in [0.29, 0.717) is 12.6 Å². The molecule has 2 aliphatic rings. The summed E-state index contributed by atoms with van der Waals surface area (Å²) in [7, 11) is 2.05. The monoisotopic (exact) mass is 374 g/mol. The highest BCUT2D eigenvalue weighted by Crippen LogP contribution is 2.32. The first-order chi connectivity index (χ1) is 12.7. The van der Waals surface area contributed by atoms with Gasteiger partial charge in [0.25, 0.3) is 0 Å². The van der Waals surface area contributed by atoms with E-state index in [0.717, 1.165) is 19.0 Å². The summed E-state index contributed by atoms with van der Waals surface area (Å²) in [5, 5.41) is 0. The van der Waals surface area contributed by atoms with E-state index in [1.165, 1.54) is 32.1 Å². The first kappa shape index (κ1) is 20.0. The minimum absolute atomic E-state index is 0.0553. The third kappa shape index (κ3) is 4.08. The topological polar surface area (TPSA) is 65.5 Å². The molecular formula is C20H34N6O. The van der Waals surface area contributed by atoms with Gasteiger partial charge in [0, 0.05) is 31.2 Å². The van der Waals surface area contributed by atoms with Gasteiger partial charge in [-0.1, -0.05) is 19.3 Å². The molecule has 3 rings (SSSR count). The van der Waals surface area contributed by atoms with Crippen molar-refractivity contribution in [3.63, 3.8) is 0 Å². The van der Waals surface area contributed by atoms with Gasteiger partial charge >= 0.3 is 0 Å². The lowest BCUT2D eigenvalue weighted by atomic mass is 9.87. The highest BCUT2D eigenvalue weighted by atomic mass is 16.2. The number of piperazine rings is 1. The van der Waals surface area contributed by atoms with Gasteiger partial charge in [0.1, 0.15) is 12.7 Å². The molecule has 0 unspecified atom stereocenters. The van der Waals surface area contributed by atoms with Gasteiger partial charge in [-0.2, -0.15) is 0 Å². The summed E-state index contributed by atoms with van der Waals surface area (Å²) in [5.74, 6) is 0.931. The lowest BCUT2D eigenvalue weighted by Gasteiger charge is -2.54. The Morgan fingerprint density at radius 2 is 1.74 bits per heavy atom. The Bertz CT molecular complexity index is 641. The number of rotatable bonds is 5. The molecule has 1 amide bonds. The van der Waals surface area contributed by atoms with Crippen molar-refractivity contribution in [2.75, 3.05) is 31.6 Å². The molecule has 2 heterocycles. The summed E-state index contributed by atoms with van der Waals surface area (Å²) >= 11 is 0. The van der Waals surface area contributed by atoms with Crippen LogP contribution in [0.4, 0.5) is 5.95 Å². The fraction of sp³-hybridized carbons (Fsp3) is 0.800. The zero-order chi connectivity index (χ0) is 19.7. The number of carbonyl (C=O) groups is 1. The number of carbonyl (C=O) groups excluding carboxylic acids is 1. The molecule has 7 nitrogen and oxygen atoms in total. The van der Waals surface area contributed by atoms with Crippen LogP contribution in [0, 0.1) is 0 Å². The Hall–Kier alpha value is -1.76. The average molecular weight is 375 g/mol. The predicted molar refractivity (Wildman–Crippen MR) is 107 cm³/mol. The van der Waals surface area contributed by atoms with Gasteiger partial charge in [0.2, 0.25) is 11.9 Å². The van der Waals surface area contributed by atoms with E-state index in [1.54, 1.807) is 12.7 Å². The van der Waals surface area contributed by atoms with Crippen LogP contribution in [0.1, 0.15) is 59.8 Å². The molecule has 1 aromatic rings. The molecule has 0 bridgehead atoms. The Morgan fingerprint density at radius 1 is 1.11 bits per heavy atom. The zero-order valence-corrected chi connectivity index (χ0v) is 17.5. The summed E-state index contributed by atoms with van der Waals surface area (Å²) in [5.41, 5.74) is -0.551. The molecule has 0 radical (unpaired) electrons. The molecule has 7 heteroatoms. The summed E-state index contributed by atoms with van der Waals surface area (Å²) in [6.07, 6.45) is 9.26. The minimum atomic E-state index is -0.495. The van der Waals surface area contributed by atoms with Crippen molar-refractivity contribution >= 4 is 11.9 Å². The van der Waals surface area contributed by atoms with Gasteiger partial charge < -0.3 is 9.80 Å². The van der Waals surface area contributed by atoms with Gasteiger partial charge in [-0.05, 0) is 47.6 Å². The smallest absolute Gasteiger partial charge is 0.242 e. The van der Waals surface area contributed by atoms with Crippen LogP contribution in [-0.2, 0) is 4.79 Å². The number of amides is 1. The molecule has 1 aliphatic carbocycles. The van der Waals surface area contributed by atoms with Crippen molar-refractivity contribution in [2.45, 2.75) is 76.9 Å². The quantitative estimate of drug-likeness (QED) is 0.788. The maximum absolute atomic E-state index is 13.1. The number of anilines is 1. The molecule has 2 fully saturated rings. The zero-order valence-electron chi connectivity index (χ0n) is 17.5. The fourth-order valence-electron chi connectivity index (χ4n) is 4.56. The first-order valence-corrected chi connectivity index (χ1v) is 10.2. The van der Waals surface area contributed by atoms with Crippen LogP contribution in [0.25, 0.3) is 0 Å². The second-order valence-corrected chi connectivity index (χ2v) is 9.08. The second kappa shape index (κ2) is 7.70. The van der Waals surface area contributed by atoms with Crippen LogP contribution < -0.4 is 4.90 Å². The molecule has 1 aliphatic heterocycles. The molecule has 1 saturated carbocycles. The van der Waals surface area contributed by atoms with Gasteiger partial charge in [0.05, 0.1) is 5.54 Å². The van der Waals surface area contributed by atoms with Gasteiger partial charge in [-0.15, -0.1) is 0 Å². The molecule has 0 aromatic carbocycles. The molecule has 0 atom stereocenters. The van der Waals surface area contributed by atoms with E-state index >= 15 is 0 Å². The van der Waals surface area contributed by atoms with Crippen molar-refractivity contribution in [1.82, 2.24) is 24.8 Å². The van der Waals surface area contributed by atoms with E-state index < -0.39 is 5.54 Å². The summed E-state index contributed by atoms with van der Waals surface area (Å²) < 4.78 is 0. The maximum Gasteiger partial charge on any atom is 0.242 e. The number of likely N-dealkylation sites (N-methyl/N-ethyl adjacent to an activating group) is 1. The van der Waals surface area contributed by atoms with Crippen LogP contribution in [-0.4, -0.2) is 74.5 Å². The van der Waals surface area contributed by atoms with E-state index in [1.807, 2.05) is 25.8 Å². The largest absolute Gasteiger partial charge is 0.337 e. The lowest BCUT2D eigenvalue weighted by molar-refractivity contribution is -0.157. The number of aromatic nitrogens is 3. The maximum atomic E-state index is 13.1. The highest BCUT2D eigenvalue weighted by molar-refractivity contribution is 5.86. The summed E-state index contributed by atoms with van der Waals surface area (Å²) in [4.78, 5) is 32.4. The van der Waals surface area contributed by atoms with Crippen LogP contribution in [0.5, 0.6) is 0 Å². The first-order valence-electron chi connectivity index (χ1n) is 10.2. The van der Waals surface area contributed by atoms with Gasteiger partial charge in [-0.25, -0.2) is 15.0 Å².